The molecule has 2 amide bonds. The Morgan fingerprint density at radius 2 is 1.53 bits per heavy atom. The van der Waals surface area contributed by atoms with Gasteiger partial charge in [0.2, 0.25) is 0 Å². The van der Waals surface area contributed by atoms with Crippen molar-refractivity contribution in [2.24, 2.45) is 0 Å². The molecule has 8 nitrogen and oxygen atoms in total. The van der Waals surface area contributed by atoms with Gasteiger partial charge in [-0.25, -0.2) is 8.78 Å². The third-order valence-corrected chi connectivity index (χ3v) is 6.82. The van der Waals surface area contributed by atoms with Crippen LogP contribution in [0, 0.1) is 18.6 Å². The van der Waals surface area contributed by atoms with Crippen LogP contribution >= 0.6 is 15.9 Å². The number of carbonyl (C=O) groups is 2. The Kier molecular flexibility index (Phi) is 6.85. The molecule has 2 aromatic heterocycles. The first-order valence-corrected chi connectivity index (χ1v) is 12.2. The Morgan fingerprint density at radius 3 is 2.13 bits per heavy atom. The average Bonchev–Trinajstić information content (AvgIpc) is 3.14. The fourth-order valence-corrected chi connectivity index (χ4v) is 4.51. The molecule has 3 heterocycles. The Bertz CT molecular complexity index is 1600. The SMILES string of the molecule is Cc1cc(OCc2ccc(F)cc2F)c(Br)c(=O)n1Cc1cnc(CN2C(=O)c3ccccc3C2=O)cn1. The highest BCUT2D eigenvalue weighted by Gasteiger charge is 2.35. The molecular formula is C27H19BrF2N4O4. The van der Waals surface area contributed by atoms with Crippen molar-refractivity contribution in [3.63, 3.8) is 0 Å². The minimum atomic E-state index is -0.740. The minimum absolute atomic E-state index is 0.0230. The van der Waals surface area contributed by atoms with E-state index in [9.17, 15) is 23.2 Å². The molecule has 0 N–H and O–H groups in total. The standard InChI is InChI=1S/C27H19BrF2N4O4/c1-15-8-23(38-14-16-6-7-17(29)9-22(16)30)24(28)27(37)33(15)12-18-10-32-19(11-31-18)13-34-25(35)20-4-2-3-5-21(20)26(34)36/h2-11H,12-14H2,1H3. The van der Waals surface area contributed by atoms with Crippen LogP contribution in [0.4, 0.5) is 8.78 Å². The maximum absolute atomic E-state index is 13.9. The molecule has 0 aliphatic carbocycles. The molecule has 1 aliphatic heterocycles. The lowest BCUT2D eigenvalue weighted by atomic mass is 10.1. The number of hydrogen-bond acceptors (Lipinski definition) is 6. The number of fused-ring (bicyclic) bond motifs is 1. The molecule has 1 aliphatic rings. The zero-order valence-corrected chi connectivity index (χ0v) is 21.5. The van der Waals surface area contributed by atoms with Crippen LogP contribution in [0.3, 0.4) is 0 Å². The molecule has 0 atom stereocenters. The van der Waals surface area contributed by atoms with Gasteiger partial charge in [0.1, 0.15) is 28.5 Å². The first-order chi connectivity index (χ1) is 18.2. The summed E-state index contributed by atoms with van der Waals surface area (Å²) in [5.41, 5.74) is 1.94. The molecule has 0 saturated heterocycles. The van der Waals surface area contributed by atoms with Gasteiger partial charge < -0.3 is 9.30 Å². The van der Waals surface area contributed by atoms with Gasteiger partial charge >= 0.3 is 0 Å². The van der Waals surface area contributed by atoms with Crippen molar-refractivity contribution in [3.05, 3.63) is 121 Å². The number of aryl methyl sites for hydroxylation is 1. The lowest BCUT2D eigenvalue weighted by molar-refractivity contribution is 0.0640. The zero-order valence-electron chi connectivity index (χ0n) is 20.0. The Labute approximate surface area is 223 Å². The third-order valence-electron chi connectivity index (χ3n) is 6.09. The second-order valence-corrected chi connectivity index (χ2v) is 9.41. The second kappa shape index (κ2) is 10.3. The van der Waals surface area contributed by atoms with Crippen LogP contribution in [0.5, 0.6) is 5.75 Å². The van der Waals surface area contributed by atoms with Gasteiger partial charge in [0.15, 0.2) is 0 Å². The lowest BCUT2D eigenvalue weighted by Crippen LogP contribution is -2.29. The van der Waals surface area contributed by atoms with Crippen molar-refractivity contribution in [1.29, 1.82) is 0 Å². The topological polar surface area (TPSA) is 94.4 Å². The van der Waals surface area contributed by atoms with Crippen LogP contribution in [0.15, 0.2) is 70.2 Å². The molecule has 2 aromatic carbocycles. The summed E-state index contributed by atoms with van der Waals surface area (Å²) in [6.07, 6.45) is 2.94. The normalized spacial score (nSPS) is 12.7. The molecule has 192 valence electrons. The summed E-state index contributed by atoms with van der Waals surface area (Å²) < 4.78 is 34.3. The van der Waals surface area contributed by atoms with Crippen molar-refractivity contribution < 1.29 is 23.1 Å². The second-order valence-electron chi connectivity index (χ2n) is 8.62. The molecule has 0 radical (unpaired) electrons. The number of amides is 2. The van der Waals surface area contributed by atoms with E-state index in [1.54, 1.807) is 37.3 Å². The number of imide groups is 1. The van der Waals surface area contributed by atoms with E-state index in [1.165, 1.54) is 23.0 Å². The van der Waals surface area contributed by atoms with E-state index < -0.39 is 17.2 Å². The first kappa shape index (κ1) is 25.4. The summed E-state index contributed by atoms with van der Waals surface area (Å²) in [4.78, 5) is 48.0. The van der Waals surface area contributed by atoms with Crippen LogP contribution in [0.2, 0.25) is 0 Å². The largest absolute Gasteiger partial charge is 0.487 e. The number of ether oxygens (including phenoxy) is 1. The molecule has 38 heavy (non-hydrogen) atoms. The van der Waals surface area contributed by atoms with Crippen molar-refractivity contribution in [2.75, 3.05) is 0 Å². The molecular weight excluding hydrogens is 562 g/mol. The number of hydrogen-bond donors (Lipinski definition) is 0. The summed E-state index contributed by atoms with van der Waals surface area (Å²) >= 11 is 3.25. The van der Waals surface area contributed by atoms with E-state index in [0.29, 0.717) is 28.2 Å². The number of benzene rings is 2. The van der Waals surface area contributed by atoms with Gasteiger partial charge in [0.05, 0.1) is 48.0 Å². The van der Waals surface area contributed by atoms with Gasteiger partial charge in [0.25, 0.3) is 17.4 Å². The number of pyridine rings is 1. The van der Waals surface area contributed by atoms with Gasteiger partial charge in [-0.15, -0.1) is 0 Å². The lowest BCUT2D eigenvalue weighted by Gasteiger charge is -2.15. The summed E-state index contributed by atoms with van der Waals surface area (Å²) in [6.45, 7) is 1.61. The Hall–Kier alpha value is -4.25. The highest BCUT2D eigenvalue weighted by atomic mass is 79.9. The number of nitrogens with zero attached hydrogens (tertiary/aromatic N) is 4. The predicted molar refractivity (Wildman–Crippen MR) is 136 cm³/mol. The van der Waals surface area contributed by atoms with E-state index >= 15 is 0 Å². The summed E-state index contributed by atoms with van der Waals surface area (Å²) in [7, 11) is 0. The van der Waals surface area contributed by atoms with Gasteiger partial charge in [-0.3, -0.25) is 29.3 Å². The van der Waals surface area contributed by atoms with E-state index in [2.05, 4.69) is 25.9 Å². The highest BCUT2D eigenvalue weighted by Crippen LogP contribution is 2.25. The number of halogens is 3. The summed E-state index contributed by atoms with van der Waals surface area (Å²) in [5.74, 6) is -1.97. The van der Waals surface area contributed by atoms with Crippen LogP contribution in [0.1, 0.15) is 43.4 Å². The van der Waals surface area contributed by atoms with E-state index in [4.69, 9.17) is 4.74 Å². The molecule has 11 heteroatoms. The number of carbonyl (C=O) groups excluding carboxylic acids is 2. The van der Waals surface area contributed by atoms with E-state index in [1.807, 2.05) is 0 Å². The fraction of sp³-hybridized carbons (Fsp3) is 0.148. The average molecular weight is 581 g/mol. The van der Waals surface area contributed by atoms with E-state index in [-0.39, 0.29) is 47.3 Å². The van der Waals surface area contributed by atoms with Gasteiger partial charge in [-0.2, -0.15) is 0 Å². The molecule has 0 saturated carbocycles. The highest BCUT2D eigenvalue weighted by molar-refractivity contribution is 9.10. The van der Waals surface area contributed by atoms with E-state index in [0.717, 1.165) is 17.0 Å². The number of aromatic nitrogens is 3. The van der Waals surface area contributed by atoms with Crippen molar-refractivity contribution in [3.8, 4) is 5.75 Å². The minimum Gasteiger partial charge on any atom is -0.487 e. The van der Waals surface area contributed by atoms with Crippen LogP contribution < -0.4 is 10.3 Å². The molecule has 0 bridgehead atoms. The third kappa shape index (κ3) is 4.84. The van der Waals surface area contributed by atoms with Crippen molar-refractivity contribution >= 4 is 27.7 Å². The molecule has 0 unspecified atom stereocenters. The predicted octanol–water partition coefficient (Wildman–Crippen LogP) is 4.41. The van der Waals surface area contributed by atoms with Gasteiger partial charge in [-0.05, 0) is 47.1 Å². The maximum atomic E-state index is 13.9. The van der Waals surface area contributed by atoms with Crippen molar-refractivity contribution in [2.45, 2.75) is 26.6 Å². The smallest absolute Gasteiger partial charge is 0.269 e. The Morgan fingerprint density at radius 1 is 0.895 bits per heavy atom. The zero-order chi connectivity index (χ0) is 27.0. The summed E-state index contributed by atoms with van der Waals surface area (Å²) in [5, 5.41) is 0. The number of rotatable bonds is 7. The summed E-state index contributed by atoms with van der Waals surface area (Å²) in [6, 6.07) is 11.4. The molecule has 4 aromatic rings. The van der Waals surface area contributed by atoms with Gasteiger partial charge in [0, 0.05) is 23.4 Å². The molecule has 0 spiro atoms. The van der Waals surface area contributed by atoms with Crippen LogP contribution in [-0.2, 0) is 19.7 Å². The van der Waals surface area contributed by atoms with Gasteiger partial charge in [-0.1, -0.05) is 12.1 Å². The maximum Gasteiger partial charge on any atom is 0.269 e. The fourth-order valence-electron chi connectivity index (χ4n) is 4.06. The monoisotopic (exact) mass is 580 g/mol. The van der Waals surface area contributed by atoms with Crippen LogP contribution in [-0.4, -0.2) is 31.2 Å². The molecule has 5 rings (SSSR count). The molecule has 0 fully saturated rings. The van der Waals surface area contributed by atoms with Crippen LogP contribution in [0.25, 0.3) is 0 Å². The quantitative estimate of drug-likeness (QED) is 0.300. The Balaban J connectivity index is 1.28. The van der Waals surface area contributed by atoms with Crippen molar-refractivity contribution in [1.82, 2.24) is 19.4 Å². The first-order valence-electron chi connectivity index (χ1n) is 11.4.